The first-order chi connectivity index (χ1) is 13.5. The number of Topliss-reactive ketones (excluding diaryl/α,β-unsaturated/α-hetero) is 1. The monoisotopic (exact) mass is 381 g/mol. The molecular weight excluding hydrogens is 362 g/mol. The number of nitrogens with one attached hydrogen (secondary N) is 1. The minimum Gasteiger partial charge on any atom is -0.497 e. The molecule has 0 aliphatic heterocycles. The number of anilines is 1. The van der Waals surface area contributed by atoms with Crippen molar-refractivity contribution in [3.63, 3.8) is 0 Å². The lowest BCUT2D eigenvalue weighted by Crippen LogP contribution is -2.25. The van der Waals surface area contributed by atoms with Crippen LogP contribution in [0.2, 0.25) is 0 Å². The van der Waals surface area contributed by atoms with Gasteiger partial charge in [-0.3, -0.25) is 14.2 Å². The summed E-state index contributed by atoms with van der Waals surface area (Å²) in [7, 11) is 4.58. The van der Waals surface area contributed by atoms with Crippen LogP contribution in [0.15, 0.2) is 47.7 Å². The third-order valence-electron chi connectivity index (χ3n) is 4.09. The summed E-state index contributed by atoms with van der Waals surface area (Å²) in [5.41, 5.74) is 0.986. The van der Waals surface area contributed by atoms with Gasteiger partial charge in [0, 0.05) is 19.3 Å². The Balaban J connectivity index is 1.86. The van der Waals surface area contributed by atoms with E-state index >= 15 is 0 Å². The van der Waals surface area contributed by atoms with Crippen LogP contribution in [-0.2, 0) is 7.05 Å². The van der Waals surface area contributed by atoms with Crippen molar-refractivity contribution >= 4 is 11.7 Å². The van der Waals surface area contributed by atoms with Gasteiger partial charge in [0.2, 0.25) is 5.95 Å². The second-order valence-electron chi connectivity index (χ2n) is 5.80. The van der Waals surface area contributed by atoms with Crippen molar-refractivity contribution in [2.75, 3.05) is 26.1 Å². The Hall–Kier alpha value is -3.75. The molecule has 0 amide bonds. The minimum absolute atomic E-state index is 0.0863. The SMILES string of the molecule is COc1ccc(OC)c(C(=O)CNc2nc(-c3ccncn3)cc(=O)n2C)c1. The molecule has 1 N–H and O–H groups in total. The van der Waals surface area contributed by atoms with Gasteiger partial charge in [0.15, 0.2) is 5.78 Å². The molecule has 3 aromatic rings. The predicted octanol–water partition coefficient (Wildman–Crippen LogP) is 1.55. The first-order valence-electron chi connectivity index (χ1n) is 8.37. The number of benzene rings is 1. The Kier molecular flexibility index (Phi) is 5.64. The fraction of sp³-hybridized carbons (Fsp3) is 0.211. The van der Waals surface area contributed by atoms with Gasteiger partial charge >= 0.3 is 0 Å². The standard InChI is InChI=1S/C19H19N5O4/c1-24-18(26)9-15(14-6-7-20-11-22-14)23-19(24)21-10-16(25)13-8-12(27-2)4-5-17(13)28-3/h4-9,11H,10H2,1-3H3,(H,21,23). The molecule has 0 saturated carbocycles. The molecule has 0 fully saturated rings. The molecule has 0 unspecified atom stereocenters. The van der Waals surface area contributed by atoms with Gasteiger partial charge in [-0.2, -0.15) is 0 Å². The van der Waals surface area contributed by atoms with Crippen LogP contribution in [0, 0.1) is 0 Å². The van der Waals surface area contributed by atoms with Crippen LogP contribution in [0.4, 0.5) is 5.95 Å². The molecular formula is C19H19N5O4. The number of carbonyl (C=O) groups excluding carboxylic acids is 1. The fourth-order valence-corrected chi connectivity index (χ4v) is 2.56. The van der Waals surface area contributed by atoms with Gasteiger partial charge in [-0.05, 0) is 24.3 Å². The zero-order chi connectivity index (χ0) is 20.1. The second kappa shape index (κ2) is 8.30. The van der Waals surface area contributed by atoms with E-state index in [1.165, 1.54) is 31.2 Å². The quantitative estimate of drug-likeness (QED) is 0.614. The molecule has 0 spiro atoms. The van der Waals surface area contributed by atoms with Gasteiger partial charge in [-0.25, -0.2) is 15.0 Å². The average Bonchev–Trinajstić information content (AvgIpc) is 2.74. The maximum absolute atomic E-state index is 12.7. The second-order valence-corrected chi connectivity index (χ2v) is 5.80. The lowest BCUT2D eigenvalue weighted by molar-refractivity contribution is 0.100. The van der Waals surface area contributed by atoms with E-state index < -0.39 is 0 Å². The molecule has 2 heterocycles. The van der Waals surface area contributed by atoms with Crippen LogP contribution in [0.3, 0.4) is 0 Å². The summed E-state index contributed by atoms with van der Waals surface area (Å²) in [6.45, 7) is -0.0863. The van der Waals surface area contributed by atoms with E-state index in [-0.39, 0.29) is 23.8 Å². The molecule has 1 aromatic carbocycles. The molecule has 9 heteroatoms. The lowest BCUT2D eigenvalue weighted by atomic mass is 10.1. The zero-order valence-electron chi connectivity index (χ0n) is 15.7. The number of aromatic nitrogens is 4. The third kappa shape index (κ3) is 3.98. The van der Waals surface area contributed by atoms with Gasteiger partial charge in [0.1, 0.15) is 17.8 Å². The summed E-state index contributed by atoms with van der Waals surface area (Å²) in [6.07, 6.45) is 2.94. The van der Waals surface area contributed by atoms with Gasteiger partial charge in [-0.1, -0.05) is 0 Å². The van der Waals surface area contributed by atoms with Crippen molar-refractivity contribution in [2.24, 2.45) is 7.05 Å². The van der Waals surface area contributed by atoms with E-state index in [0.29, 0.717) is 28.5 Å². The average molecular weight is 381 g/mol. The molecule has 3 rings (SSSR count). The van der Waals surface area contributed by atoms with Crippen LogP contribution >= 0.6 is 0 Å². The summed E-state index contributed by atoms with van der Waals surface area (Å²) >= 11 is 0. The van der Waals surface area contributed by atoms with Crippen molar-refractivity contribution < 1.29 is 14.3 Å². The maximum atomic E-state index is 12.7. The van der Waals surface area contributed by atoms with E-state index in [1.807, 2.05) is 0 Å². The highest BCUT2D eigenvalue weighted by Gasteiger charge is 2.15. The van der Waals surface area contributed by atoms with Crippen molar-refractivity contribution in [1.29, 1.82) is 0 Å². The zero-order valence-corrected chi connectivity index (χ0v) is 15.7. The number of methoxy groups -OCH3 is 2. The number of rotatable bonds is 7. The Morgan fingerprint density at radius 2 is 1.96 bits per heavy atom. The lowest BCUT2D eigenvalue weighted by Gasteiger charge is -2.13. The summed E-state index contributed by atoms with van der Waals surface area (Å²) in [5, 5.41) is 2.91. The van der Waals surface area contributed by atoms with E-state index in [9.17, 15) is 9.59 Å². The number of ketones is 1. The molecule has 0 atom stereocenters. The fourth-order valence-electron chi connectivity index (χ4n) is 2.56. The summed E-state index contributed by atoms with van der Waals surface area (Å²) in [6, 6.07) is 8.00. The van der Waals surface area contributed by atoms with Crippen LogP contribution in [0.5, 0.6) is 11.5 Å². The molecule has 0 aliphatic carbocycles. The van der Waals surface area contributed by atoms with Crippen molar-refractivity contribution in [3.05, 3.63) is 58.8 Å². The van der Waals surface area contributed by atoms with E-state index in [2.05, 4.69) is 20.3 Å². The Morgan fingerprint density at radius 1 is 1.14 bits per heavy atom. The first kappa shape index (κ1) is 19.0. The number of nitrogens with zero attached hydrogens (tertiary/aromatic N) is 4. The van der Waals surface area contributed by atoms with Crippen molar-refractivity contribution in [3.8, 4) is 22.9 Å². The number of ether oxygens (including phenoxy) is 2. The number of carbonyl (C=O) groups is 1. The highest BCUT2D eigenvalue weighted by Crippen LogP contribution is 2.24. The van der Waals surface area contributed by atoms with Crippen LogP contribution in [-0.4, -0.2) is 46.1 Å². The third-order valence-corrected chi connectivity index (χ3v) is 4.09. The topological polar surface area (TPSA) is 108 Å². The molecule has 0 radical (unpaired) electrons. The molecule has 2 aromatic heterocycles. The largest absolute Gasteiger partial charge is 0.497 e. The molecule has 9 nitrogen and oxygen atoms in total. The van der Waals surface area contributed by atoms with Gasteiger partial charge in [-0.15, -0.1) is 0 Å². The molecule has 0 bridgehead atoms. The van der Waals surface area contributed by atoms with Gasteiger partial charge in [0.25, 0.3) is 5.56 Å². The molecule has 144 valence electrons. The van der Waals surface area contributed by atoms with Crippen LogP contribution in [0.25, 0.3) is 11.4 Å². The van der Waals surface area contributed by atoms with Crippen molar-refractivity contribution in [2.45, 2.75) is 0 Å². The summed E-state index contributed by atoms with van der Waals surface area (Å²) in [5.74, 6) is 0.985. The number of hydrogen-bond acceptors (Lipinski definition) is 8. The van der Waals surface area contributed by atoms with E-state index in [1.54, 1.807) is 37.5 Å². The predicted molar refractivity (Wildman–Crippen MR) is 103 cm³/mol. The highest BCUT2D eigenvalue weighted by molar-refractivity contribution is 6.01. The molecule has 0 aliphatic rings. The molecule has 0 saturated heterocycles. The number of hydrogen-bond donors (Lipinski definition) is 1. The highest BCUT2D eigenvalue weighted by atomic mass is 16.5. The minimum atomic E-state index is -0.280. The normalized spacial score (nSPS) is 10.4. The van der Waals surface area contributed by atoms with E-state index in [4.69, 9.17) is 9.47 Å². The summed E-state index contributed by atoms with van der Waals surface area (Å²) in [4.78, 5) is 37.3. The molecule has 28 heavy (non-hydrogen) atoms. The Labute approximate surface area is 161 Å². The van der Waals surface area contributed by atoms with Crippen LogP contribution in [0.1, 0.15) is 10.4 Å². The van der Waals surface area contributed by atoms with Gasteiger partial charge < -0.3 is 14.8 Å². The first-order valence-corrected chi connectivity index (χ1v) is 8.37. The smallest absolute Gasteiger partial charge is 0.255 e. The van der Waals surface area contributed by atoms with Crippen molar-refractivity contribution in [1.82, 2.24) is 19.5 Å². The van der Waals surface area contributed by atoms with Gasteiger partial charge in [0.05, 0.1) is 37.7 Å². The van der Waals surface area contributed by atoms with Crippen LogP contribution < -0.4 is 20.3 Å². The Bertz CT molecular complexity index is 1050. The van der Waals surface area contributed by atoms with E-state index in [0.717, 1.165) is 0 Å². The Morgan fingerprint density at radius 3 is 2.64 bits per heavy atom. The summed E-state index contributed by atoms with van der Waals surface area (Å²) < 4.78 is 11.7. The maximum Gasteiger partial charge on any atom is 0.255 e.